The number of fused-ring (bicyclic) bond motifs is 2. The van der Waals surface area contributed by atoms with E-state index in [4.69, 9.17) is 4.74 Å². The third kappa shape index (κ3) is 1.39. The third-order valence-corrected chi connectivity index (χ3v) is 2.93. The Kier molecular flexibility index (Phi) is 2.15. The Balaban J connectivity index is 2.22. The lowest BCUT2D eigenvalue weighted by Crippen LogP contribution is -2.13. The number of allylic oxidation sites excluding steroid dienone is 2. The van der Waals surface area contributed by atoms with Crippen molar-refractivity contribution in [1.82, 2.24) is 0 Å². The summed E-state index contributed by atoms with van der Waals surface area (Å²) in [6, 6.07) is 8.12. The fourth-order valence-electron chi connectivity index (χ4n) is 2.17. The average Bonchev–Trinajstić information content (AvgIpc) is 2.49. The second-order valence-corrected chi connectivity index (χ2v) is 3.93. The Labute approximate surface area is 94.2 Å². The van der Waals surface area contributed by atoms with Crippen molar-refractivity contribution in [2.24, 2.45) is 0 Å². The zero-order valence-corrected chi connectivity index (χ0v) is 8.76. The molecule has 0 aromatic heterocycles. The summed E-state index contributed by atoms with van der Waals surface area (Å²) in [5.74, 6) is 0.750. The number of hydrogen-bond donors (Lipinski definition) is 1. The molecule has 1 unspecified atom stereocenters. The van der Waals surface area contributed by atoms with Gasteiger partial charge in [-0.1, -0.05) is 30.3 Å². The van der Waals surface area contributed by atoms with E-state index < -0.39 is 6.10 Å². The van der Waals surface area contributed by atoms with Crippen LogP contribution in [0.4, 0.5) is 0 Å². The van der Waals surface area contributed by atoms with E-state index in [1.807, 2.05) is 24.3 Å². The van der Waals surface area contributed by atoms with Crippen LogP contribution in [0.3, 0.4) is 0 Å². The van der Waals surface area contributed by atoms with Gasteiger partial charge in [0.2, 0.25) is 0 Å². The molecular formula is C14H12O2. The highest BCUT2D eigenvalue weighted by Gasteiger charge is 2.22. The first-order chi connectivity index (χ1) is 7.86. The maximum absolute atomic E-state index is 10.0. The second-order valence-electron chi connectivity index (χ2n) is 3.93. The molecule has 1 heterocycles. The highest BCUT2D eigenvalue weighted by Crippen LogP contribution is 2.32. The first-order valence-corrected chi connectivity index (χ1v) is 5.36. The monoisotopic (exact) mass is 212 g/mol. The van der Waals surface area contributed by atoms with Gasteiger partial charge in [-0.25, -0.2) is 0 Å². The number of rotatable bonds is 0. The summed E-state index contributed by atoms with van der Waals surface area (Å²) in [4.78, 5) is 0. The maximum atomic E-state index is 10.0. The molecule has 1 aliphatic heterocycles. The van der Waals surface area contributed by atoms with Crippen LogP contribution in [0, 0.1) is 0 Å². The Morgan fingerprint density at radius 2 is 2.12 bits per heavy atom. The molecule has 0 spiro atoms. The summed E-state index contributed by atoms with van der Waals surface area (Å²) >= 11 is 0. The van der Waals surface area contributed by atoms with Gasteiger partial charge in [0.25, 0.3) is 0 Å². The van der Waals surface area contributed by atoms with Gasteiger partial charge in [-0.05, 0) is 29.7 Å². The minimum atomic E-state index is -0.576. The summed E-state index contributed by atoms with van der Waals surface area (Å²) in [6.07, 6.45) is 7.50. The van der Waals surface area contributed by atoms with Crippen LogP contribution in [0.25, 0.3) is 5.57 Å². The first kappa shape index (κ1) is 9.43. The average molecular weight is 212 g/mol. The molecule has 80 valence electrons. The quantitative estimate of drug-likeness (QED) is 0.715. The zero-order valence-electron chi connectivity index (χ0n) is 8.76. The van der Waals surface area contributed by atoms with Gasteiger partial charge < -0.3 is 9.84 Å². The van der Waals surface area contributed by atoms with E-state index >= 15 is 0 Å². The van der Waals surface area contributed by atoms with Gasteiger partial charge in [0.15, 0.2) is 0 Å². The topological polar surface area (TPSA) is 29.5 Å². The molecule has 0 radical (unpaired) electrons. The van der Waals surface area contributed by atoms with Crippen molar-refractivity contribution in [1.29, 1.82) is 0 Å². The van der Waals surface area contributed by atoms with Gasteiger partial charge in [0, 0.05) is 5.57 Å². The largest absolute Gasteiger partial charge is 0.465 e. The molecule has 1 aromatic rings. The van der Waals surface area contributed by atoms with Crippen LogP contribution in [-0.2, 0) is 11.2 Å². The summed E-state index contributed by atoms with van der Waals surface area (Å²) in [6.45, 7) is 0. The standard InChI is InChI=1S/C14H12O2/c15-12-8-9-16-13-7-3-5-10-4-1-2-6-11(10)14(12)13/h1-4,6-9,12,15H,5H2. The Hall–Kier alpha value is -1.80. The summed E-state index contributed by atoms with van der Waals surface area (Å²) in [5, 5.41) is 10.0. The summed E-state index contributed by atoms with van der Waals surface area (Å²) in [7, 11) is 0. The second kappa shape index (κ2) is 3.65. The highest BCUT2D eigenvalue weighted by molar-refractivity contribution is 5.77. The van der Waals surface area contributed by atoms with E-state index in [-0.39, 0.29) is 0 Å². The Bertz CT molecular complexity index is 509. The molecule has 1 aromatic carbocycles. The normalized spacial score (nSPS) is 22.2. The van der Waals surface area contributed by atoms with Crippen LogP contribution in [0.15, 0.2) is 54.5 Å². The fourth-order valence-corrected chi connectivity index (χ4v) is 2.17. The van der Waals surface area contributed by atoms with Crippen LogP contribution >= 0.6 is 0 Å². The molecule has 16 heavy (non-hydrogen) atoms. The molecule has 2 aliphatic rings. The van der Waals surface area contributed by atoms with E-state index in [9.17, 15) is 5.11 Å². The van der Waals surface area contributed by atoms with Crippen LogP contribution < -0.4 is 0 Å². The molecule has 2 heteroatoms. The lowest BCUT2D eigenvalue weighted by atomic mass is 9.94. The molecule has 2 nitrogen and oxygen atoms in total. The Morgan fingerprint density at radius 1 is 1.25 bits per heavy atom. The lowest BCUT2D eigenvalue weighted by molar-refractivity contribution is 0.253. The summed E-state index contributed by atoms with van der Waals surface area (Å²) < 4.78 is 5.44. The van der Waals surface area contributed by atoms with Crippen molar-refractivity contribution in [2.75, 3.05) is 0 Å². The SMILES string of the molecule is OC1C=COC2=C1c1ccccc1CC=C2. The van der Waals surface area contributed by atoms with E-state index in [1.54, 1.807) is 12.3 Å². The third-order valence-electron chi connectivity index (χ3n) is 2.93. The predicted molar refractivity (Wildman–Crippen MR) is 62.4 cm³/mol. The van der Waals surface area contributed by atoms with E-state index in [0.717, 1.165) is 23.3 Å². The van der Waals surface area contributed by atoms with Crippen molar-refractivity contribution in [3.63, 3.8) is 0 Å². The molecule has 1 aliphatic carbocycles. The number of benzene rings is 1. The fraction of sp³-hybridized carbons (Fsp3) is 0.143. The van der Waals surface area contributed by atoms with Gasteiger partial charge in [-0.15, -0.1) is 0 Å². The highest BCUT2D eigenvalue weighted by atomic mass is 16.5. The van der Waals surface area contributed by atoms with Gasteiger partial charge in [0.05, 0.1) is 6.26 Å². The summed E-state index contributed by atoms with van der Waals surface area (Å²) in [5.41, 5.74) is 3.17. The number of hydrogen-bond acceptors (Lipinski definition) is 2. The van der Waals surface area contributed by atoms with Gasteiger partial charge in [-0.2, -0.15) is 0 Å². The Morgan fingerprint density at radius 3 is 3.06 bits per heavy atom. The van der Waals surface area contributed by atoms with Crippen molar-refractivity contribution in [2.45, 2.75) is 12.5 Å². The van der Waals surface area contributed by atoms with Gasteiger partial charge in [0.1, 0.15) is 11.9 Å². The van der Waals surface area contributed by atoms with E-state index in [0.29, 0.717) is 0 Å². The lowest BCUT2D eigenvalue weighted by Gasteiger charge is -2.20. The smallest absolute Gasteiger partial charge is 0.132 e. The van der Waals surface area contributed by atoms with E-state index in [2.05, 4.69) is 12.1 Å². The van der Waals surface area contributed by atoms with Crippen molar-refractivity contribution >= 4 is 5.57 Å². The molecule has 3 rings (SSSR count). The molecule has 1 N–H and O–H groups in total. The first-order valence-electron chi connectivity index (χ1n) is 5.36. The van der Waals surface area contributed by atoms with Crippen LogP contribution in [-0.4, -0.2) is 11.2 Å². The van der Waals surface area contributed by atoms with Gasteiger partial charge >= 0.3 is 0 Å². The molecule has 0 saturated heterocycles. The van der Waals surface area contributed by atoms with Crippen LogP contribution in [0.1, 0.15) is 11.1 Å². The molecule has 1 atom stereocenters. The molecule has 0 saturated carbocycles. The van der Waals surface area contributed by atoms with Gasteiger partial charge in [-0.3, -0.25) is 0 Å². The maximum Gasteiger partial charge on any atom is 0.132 e. The van der Waals surface area contributed by atoms with Crippen molar-refractivity contribution in [3.05, 3.63) is 65.6 Å². The van der Waals surface area contributed by atoms with Crippen molar-refractivity contribution in [3.8, 4) is 0 Å². The number of aliphatic hydroxyl groups is 1. The van der Waals surface area contributed by atoms with Crippen LogP contribution in [0.2, 0.25) is 0 Å². The number of ether oxygens (including phenoxy) is 1. The molecular weight excluding hydrogens is 200 g/mol. The molecule has 0 fully saturated rings. The van der Waals surface area contributed by atoms with Crippen LogP contribution in [0.5, 0.6) is 0 Å². The predicted octanol–water partition coefficient (Wildman–Crippen LogP) is 2.41. The van der Waals surface area contributed by atoms with Crippen molar-refractivity contribution < 1.29 is 9.84 Å². The van der Waals surface area contributed by atoms with E-state index in [1.165, 1.54) is 5.56 Å². The minimum absolute atomic E-state index is 0.576. The minimum Gasteiger partial charge on any atom is -0.465 e. The molecule has 0 bridgehead atoms. The number of aliphatic hydroxyl groups excluding tert-OH is 1. The molecule has 0 amide bonds. The zero-order chi connectivity index (χ0) is 11.0.